The monoisotopic (exact) mass is 311 g/mol. The van der Waals surface area contributed by atoms with Gasteiger partial charge in [0.15, 0.2) is 0 Å². The average Bonchev–Trinajstić information content (AvgIpc) is 2.50. The molecule has 3 aliphatic rings. The summed E-state index contributed by atoms with van der Waals surface area (Å²) >= 11 is 0. The summed E-state index contributed by atoms with van der Waals surface area (Å²) in [6.45, 7) is 7.55. The Balaban J connectivity index is 1.32. The van der Waals surface area contributed by atoms with Crippen molar-refractivity contribution in [3.63, 3.8) is 0 Å². The highest BCUT2D eigenvalue weighted by Gasteiger charge is 2.48. The van der Waals surface area contributed by atoms with Crippen molar-refractivity contribution in [3.8, 4) is 0 Å². The van der Waals surface area contributed by atoms with Gasteiger partial charge in [0.05, 0.1) is 13.1 Å². The maximum atomic E-state index is 11.3. The van der Waals surface area contributed by atoms with E-state index in [1.54, 1.807) is 6.92 Å². The van der Waals surface area contributed by atoms with Crippen LogP contribution in [-0.4, -0.2) is 62.5 Å². The molecule has 1 atom stereocenters. The summed E-state index contributed by atoms with van der Waals surface area (Å²) in [5.41, 5.74) is -0.0463. The molecular formula is C17H29NO4. The van der Waals surface area contributed by atoms with Gasteiger partial charge in [-0.2, -0.15) is 0 Å². The van der Waals surface area contributed by atoms with Gasteiger partial charge in [0.25, 0.3) is 0 Å². The fourth-order valence-corrected chi connectivity index (χ4v) is 3.88. The van der Waals surface area contributed by atoms with Crippen molar-refractivity contribution in [2.24, 2.45) is 11.8 Å². The van der Waals surface area contributed by atoms with Crippen LogP contribution in [0.15, 0.2) is 0 Å². The number of hydrogen-bond donors (Lipinski definition) is 0. The Bertz CT molecular complexity index is 375. The molecule has 0 aliphatic carbocycles. The molecule has 0 unspecified atom stereocenters. The molecule has 0 aromatic carbocycles. The molecule has 0 aromatic rings. The molecule has 3 aliphatic heterocycles. The van der Waals surface area contributed by atoms with Crippen molar-refractivity contribution in [2.75, 3.05) is 46.1 Å². The Kier molecular flexibility index (Phi) is 5.37. The maximum absolute atomic E-state index is 11.3. The van der Waals surface area contributed by atoms with Crippen LogP contribution in [0, 0.1) is 11.8 Å². The summed E-state index contributed by atoms with van der Waals surface area (Å²) in [6, 6.07) is 0. The first-order valence-corrected chi connectivity index (χ1v) is 8.72. The standard InChI is InChI=1S/C17H29NO4/c1-14(19)18-12-17(13-18)10-15(5-9-22-17)2-8-21-11-16-3-6-20-7-4-16/h15-16H,2-13H2,1H3/t15-/m0/s1. The summed E-state index contributed by atoms with van der Waals surface area (Å²) in [6.07, 6.45) is 5.61. The summed E-state index contributed by atoms with van der Waals surface area (Å²) in [5.74, 6) is 1.53. The Labute approximate surface area is 133 Å². The normalized spacial score (nSPS) is 28.6. The molecule has 0 bridgehead atoms. The first-order valence-electron chi connectivity index (χ1n) is 8.72. The lowest BCUT2D eigenvalue weighted by Crippen LogP contribution is -2.66. The van der Waals surface area contributed by atoms with E-state index in [9.17, 15) is 4.79 Å². The van der Waals surface area contributed by atoms with Crippen molar-refractivity contribution in [1.29, 1.82) is 0 Å². The maximum Gasteiger partial charge on any atom is 0.219 e. The molecule has 1 amide bonds. The van der Waals surface area contributed by atoms with Crippen LogP contribution in [0.1, 0.15) is 39.0 Å². The quantitative estimate of drug-likeness (QED) is 0.727. The number of nitrogens with zero attached hydrogens (tertiary/aromatic N) is 1. The zero-order chi connectivity index (χ0) is 15.4. The molecule has 0 aromatic heterocycles. The number of carbonyl (C=O) groups excluding carboxylic acids is 1. The Morgan fingerprint density at radius 1 is 1.18 bits per heavy atom. The highest BCUT2D eigenvalue weighted by molar-refractivity contribution is 5.74. The zero-order valence-corrected chi connectivity index (χ0v) is 13.7. The van der Waals surface area contributed by atoms with Crippen LogP contribution in [0.4, 0.5) is 0 Å². The molecular weight excluding hydrogens is 282 g/mol. The van der Waals surface area contributed by atoms with Gasteiger partial charge in [-0.15, -0.1) is 0 Å². The minimum Gasteiger partial charge on any atom is -0.381 e. The van der Waals surface area contributed by atoms with Gasteiger partial charge < -0.3 is 19.1 Å². The van der Waals surface area contributed by atoms with Gasteiger partial charge in [0, 0.05) is 40.0 Å². The van der Waals surface area contributed by atoms with Crippen molar-refractivity contribution in [1.82, 2.24) is 4.90 Å². The largest absolute Gasteiger partial charge is 0.381 e. The van der Waals surface area contributed by atoms with Gasteiger partial charge in [0.2, 0.25) is 5.91 Å². The molecule has 3 rings (SSSR count). The van der Waals surface area contributed by atoms with E-state index in [0.717, 1.165) is 78.2 Å². The predicted molar refractivity (Wildman–Crippen MR) is 82.6 cm³/mol. The second kappa shape index (κ2) is 7.28. The summed E-state index contributed by atoms with van der Waals surface area (Å²) in [4.78, 5) is 13.2. The first-order chi connectivity index (χ1) is 10.7. The third-order valence-electron chi connectivity index (χ3n) is 5.36. The highest BCUT2D eigenvalue weighted by atomic mass is 16.5. The number of ether oxygens (including phenoxy) is 3. The number of carbonyl (C=O) groups is 1. The molecule has 5 heteroatoms. The van der Waals surface area contributed by atoms with E-state index in [-0.39, 0.29) is 11.5 Å². The van der Waals surface area contributed by atoms with E-state index < -0.39 is 0 Å². The molecule has 5 nitrogen and oxygen atoms in total. The fraction of sp³-hybridized carbons (Fsp3) is 0.941. The fourth-order valence-electron chi connectivity index (χ4n) is 3.88. The number of rotatable bonds is 5. The van der Waals surface area contributed by atoms with Crippen LogP contribution in [0.3, 0.4) is 0 Å². The Morgan fingerprint density at radius 2 is 1.91 bits per heavy atom. The minimum absolute atomic E-state index is 0.0463. The van der Waals surface area contributed by atoms with E-state index in [4.69, 9.17) is 14.2 Å². The van der Waals surface area contributed by atoms with Crippen molar-refractivity contribution < 1.29 is 19.0 Å². The second-order valence-corrected chi connectivity index (χ2v) is 7.18. The van der Waals surface area contributed by atoms with Crippen molar-refractivity contribution >= 4 is 5.91 Å². The topological polar surface area (TPSA) is 48.0 Å². The number of amides is 1. The molecule has 0 saturated carbocycles. The van der Waals surface area contributed by atoms with Crippen LogP contribution in [0.5, 0.6) is 0 Å². The highest BCUT2D eigenvalue weighted by Crippen LogP contribution is 2.38. The molecule has 1 spiro atoms. The van der Waals surface area contributed by atoms with E-state index in [0.29, 0.717) is 11.8 Å². The molecule has 22 heavy (non-hydrogen) atoms. The molecule has 0 N–H and O–H groups in total. The first kappa shape index (κ1) is 16.2. The Morgan fingerprint density at radius 3 is 2.64 bits per heavy atom. The minimum atomic E-state index is -0.0463. The lowest BCUT2D eigenvalue weighted by molar-refractivity contribution is -0.188. The summed E-state index contributed by atoms with van der Waals surface area (Å²) < 4.78 is 17.2. The lowest BCUT2D eigenvalue weighted by Gasteiger charge is -2.53. The summed E-state index contributed by atoms with van der Waals surface area (Å²) in [5, 5.41) is 0. The van der Waals surface area contributed by atoms with Crippen LogP contribution >= 0.6 is 0 Å². The van der Waals surface area contributed by atoms with E-state index in [2.05, 4.69) is 0 Å². The lowest BCUT2D eigenvalue weighted by atomic mass is 9.79. The van der Waals surface area contributed by atoms with Crippen LogP contribution in [-0.2, 0) is 19.0 Å². The summed E-state index contributed by atoms with van der Waals surface area (Å²) in [7, 11) is 0. The van der Waals surface area contributed by atoms with Crippen LogP contribution < -0.4 is 0 Å². The van der Waals surface area contributed by atoms with Crippen LogP contribution in [0.25, 0.3) is 0 Å². The van der Waals surface area contributed by atoms with Crippen molar-refractivity contribution in [2.45, 2.75) is 44.6 Å². The van der Waals surface area contributed by atoms with Gasteiger partial charge in [-0.05, 0) is 43.9 Å². The zero-order valence-electron chi connectivity index (χ0n) is 13.7. The van der Waals surface area contributed by atoms with E-state index in [1.807, 2.05) is 4.90 Å². The SMILES string of the molecule is CC(=O)N1CC2(C[C@@H](CCOCC3CCOCC3)CCO2)C1. The van der Waals surface area contributed by atoms with E-state index in [1.165, 1.54) is 0 Å². The van der Waals surface area contributed by atoms with Gasteiger partial charge in [-0.1, -0.05) is 0 Å². The third-order valence-corrected chi connectivity index (χ3v) is 5.36. The molecule has 3 saturated heterocycles. The van der Waals surface area contributed by atoms with Gasteiger partial charge in [0.1, 0.15) is 5.60 Å². The molecule has 0 radical (unpaired) electrons. The average molecular weight is 311 g/mol. The molecule has 3 heterocycles. The Hall–Kier alpha value is -0.650. The van der Waals surface area contributed by atoms with Crippen LogP contribution in [0.2, 0.25) is 0 Å². The number of likely N-dealkylation sites (tertiary alicyclic amines) is 1. The van der Waals surface area contributed by atoms with E-state index >= 15 is 0 Å². The van der Waals surface area contributed by atoms with Gasteiger partial charge in [-0.3, -0.25) is 4.79 Å². The second-order valence-electron chi connectivity index (χ2n) is 7.18. The predicted octanol–water partition coefficient (Wildman–Crippen LogP) is 1.85. The molecule has 126 valence electrons. The van der Waals surface area contributed by atoms with Crippen molar-refractivity contribution in [3.05, 3.63) is 0 Å². The number of hydrogen-bond acceptors (Lipinski definition) is 4. The third kappa shape index (κ3) is 4.00. The van der Waals surface area contributed by atoms with Gasteiger partial charge in [-0.25, -0.2) is 0 Å². The smallest absolute Gasteiger partial charge is 0.219 e. The molecule has 3 fully saturated rings. The van der Waals surface area contributed by atoms with Gasteiger partial charge >= 0.3 is 0 Å².